The number of benzene rings is 2. The standard InChI is InChI=1S/C22H19FN2O6S/c1-24-21-20(32-22(24)27)14(9-16(26)25(21)12-6-4-11(23)5-7-12)13-8-15(28-2)18-19(17(13)29-3)31-10-30-18/h4-8,14H,9-10H2,1-3H3. The Morgan fingerprint density at radius 2 is 1.81 bits per heavy atom. The van der Waals surface area contributed by atoms with Gasteiger partial charge in [-0.1, -0.05) is 11.3 Å². The van der Waals surface area contributed by atoms with E-state index in [1.165, 1.54) is 48.0 Å². The fourth-order valence-electron chi connectivity index (χ4n) is 4.19. The molecule has 0 saturated carbocycles. The first kappa shape index (κ1) is 20.4. The van der Waals surface area contributed by atoms with Crippen LogP contribution in [0.3, 0.4) is 0 Å². The fourth-order valence-corrected chi connectivity index (χ4v) is 5.27. The minimum atomic E-state index is -0.466. The molecule has 3 heterocycles. The SMILES string of the molecule is COc1cc(C2CC(=O)N(c3ccc(F)cc3)c3c2sc(=O)n3C)c(OC)c2c1OCO2. The van der Waals surface area contributed by atoms with Crippen LogP contribution in [0.15, 0.2) is 35.1 Å². The first-order chi connectivity index (χ1) is 15.4. The van der Waals surface area contributed by atoms with Crippen molar-refractivity contribution in [3.05, 3.63) is 56.3 Å². The van der Waals surface area contributed by atoms with Gasteiger partial charge < -0.3 is 18.9 Å². The summed E-state index contributed by atoms with van der Waals surface area (Å²) in [4.78, 5) is 28.0. The van der Waals surface area contributed by atoms with Crippen LogP contribution in [-0.4, -0.2) is 31.5 Å². The number of amides is 1. The lowest BCUT2D eigenvalue weighted by molar-refractivity contribution is -0.118. The molecule has 8 nitrogen and oxygen atoms in total. The highest BCUT2D eigenvalue weighted by atomic mass is 32.1. The van der Waals surface area contributed by atoms with Crippen LogP contribution in [0.4, 0.5) is 15.9 Å². The number of anilines is 2. The Morgan fingerprint density at radius 3 is 2.50 bits per heavy atom. The number of carbonyl (C=O) groups is 1. The summed E-state index contributed by atoms with van der Waals surface area (Å²) in [5.41, 5.74) is 1.14. The molecule has 166 valence electrons. The first-order valence-electron chi connectivity index (χ1n) is 9.77. The summed E-state index contributed by atoms with van der Waals surface area (Å²) in [5, 5.41) is 0. The number of halogens is 1. The lowest BCUT2D eigenvalue weighted by Crippen LogP contribution is -2.34. The van der Waals surface area contributed by atoms with Gasteiger partial charge in [-0.3, -0.25) is 19.1 Å². The number of aromatic nitrogens is 1. The van der Waals surface area contributed by atoms with Gasteiger partial charge in [0.15, 0.2) is 11.5 Å². The van der Waals surface area contributed by atoms with Crippen molar-refractivity contribution in [2.45, 2.75) is 12.3 Å². The Labute approximate surface area is 186 Å². The maximum absolute atomic E-state index is 13.5. The van der Waals surface area contributed by atoms with E-state index in [2.05, 4.69) is 0 Å². The number of thiazole rings is 1. The van der Waals surface area contributed by atoms with Crippen molar-refractivity contribution >= 4 is 28.7 Å². The van der Waals surface area contributed by atoms with Gasteiger partial charge in [0.1, 0.15) is 11.6 Å². The molecule has 10 heteroatoms. The molecule has 0 radical (unpaired) electrons. The molecule has 2 aliphatic heterocycles. The second-order valence-corrected chi connectivity index (χ2v) is 8.34. The molecule has 3 aromatic rings. The maximum Gasteiger partial charge on any atom is 0.308 e. The van der Waals surface area contributed by atoms with E-state index in [9.17, 15) is 14.0 Å². The van der Waals surface area contributed by atoms with Gasteiger partial charge in [-0.25, -0.2) is 4.39 Å². The number of rotatable bonds is 4. The molecule has 0 bridgehead atoms. The van der Waals surface area contributed by atoms with Crippen LogP contribution in [0.5, 0.6) is 23.0 Å². The highest BCUT2D eigenvalue weighted by molar-refractivity contribution is 7.10. The summed E-state index contributed by atoms with van der Waals surface area (Å²) >= 11 is 1.06. The molecule has 0 aliphatic carbocycles. The minimum Gasteiger partial charge on any atom is -0.493 e. The topological polar surface area (TPSA) is 79.2 Å². The lowest BCUT2D eigenvalue weighted by atomic mass is 9.89. The smallest absolute Gasteiger partial charge is 0.308 e. The average Bonchev–Trinajstić information content (AvgIpc) is 3.39. The molecule has 0 N–H and O–H groups in total. The zero-order valence-electron chi connectivity index (χ0n) is 17.5. The number of hydrogen-bond acceptors (Lipinski definition) is 7. The third-order valence-corrected chi connectivity index (χ3v) is 6.78. The summed E-state index contributed by atoms with van der Waals surface area (Å²) in [6.45, 7) is 0.0252. The molecule has 1 unspecified atom stereocenters. The Bertz CT molecular complexity index is 1280. The highest BCUT2D eigenvalue weighted by Crippen LogP contribution is 2.55. The van der Waals surface area contributed by atoms with Gasteiger partial charge in [0.25, 0.3) is 0 Å². The molecular formula is C22H19FN2O6S. The molecule has 1 amide bonds. The zero-order chi connectivity index (χ0) is 22.6. The van der Waals surface area contributed by atoms with Crippen molar-refractivity contribution in [1.29, 1.82) is 0 Å². The molecule has 0 fully saturated rings. The summed E-state index contributed by atoms with van der Waals surface area (Å²) in [5.74, 6) is 1.06. The van der Waals surface area contributed by atoms with E-state index >= 15 is 0 Å². The molecule has 0 spiro atoms. The number of hydrogen-bond donors (Lipinski definition) is 0. The second kappa shape index (κ2) is 7.56. The molecule has 2 aliphatic rings. The number of nitrogens with zero attached hydrogens (tertiary/aromatic N) is 2. The zero-order valence-corrected chi connectivity index (χ0v) is 18.3. The Balaban J connectivity index is 1.72. The van der Waals surface area contributed by atoms with Crippen molar-refractivity contribution in [3.63, 3.8) is 0 Å². The van der Waals surface area contributed by atoms with E-state index in [0.29, 0.717) is 44.9 Å². The largest absolute Gasteiger partial charge is 0.493 e. The van der Waals surface area contributed by atoms with Gasteiger partial charge in [0, 0.05) is 24.9 Å². The van der Waals surface area contributed by atoms with Crippen molar-refractivity contribution in [2.24, 2.45) is 7.05 Å². The predicted molar refractivity (Wildman–Crippen MR) is 115 cm³/mol. The summed E-state index contributed by atoms with van der Waals surface area (Å²) < 4.78 is 37.2. The van der Waals surface area contributed by atoms with Crippen LogP contribution in [0.1, 0.15) is 22.8 Å². The number of methoxy groups -OCH3 is 2. The molecule has 1 aromatic heterocycles. The Hall–Kier alpha value is -3.53. The van der Waals surface area contributed by atoms with Crippen molar-refractivity contribution in [1.82, 2.24) is 4.57 Å². The number of fused-ring (bicyclic) bond motifs is 2. The normalized spacial score (nSPS) is 16.8. The number of ether oxygens (including phenoxy) is 4. The van der Waals surface area contributed by atoms with Gasteiger partial charge in [-0.15, -0.1) is 0 Å². The average molecular weight is 458 g/mol. The van der Waals surface area contributed by atoms with Gasteiger partial charge in [0.2, 0.25) is 24.2 Å². The van der Waals surface area contributed by atoms with Crippen LogP contribution >= 0.6 is 11.3 Å². The fraction of sp³-hybridized carbons (Fsp3) is 0.273. The van der Waals surface area contributed by atoms with E-state index in [4.69, 9.17) is 18.9 Å². The summed E-state index contributed by atoms with van der Waals surface area (Å²) in [7, 11) is 4.64. The molecule has 32 heavy (non-hydrogen) atoms. The Kier molecular flexibility index (Phi) is 4.81. The summed E-state index contributed by atoms with van der Waals surface area (Å²) in [6.07, 6.45) is 0.0729. The van der Waals surface area contributed by atoms with Gasteiger partial charge in [-0.2, -0.15) is 0 Å². The van der Waals surface area contributed by atoms with Crippen molar-refractivity contribution < 1.29 is 28.1 Å². The van der Waals surface area contributed by atoms with E-state index in [0.717, 1.165) is 11.3 Å². The molecule has 1 atom stereocenters. The third-order valence-electron chi connectivity index (χ3n) is 5.64. The molecular weight excluding hydrogens is 439 g/mol. The molecule has 2 aromatic carbocycles. The van der Waals surface area contributed by atoms with E-state index in [-0.39, 0.29) is 24.0 Å². The van der Waals surface area contributed by atoms with E-state index < -0.39 is 11.7 Å². The third kappa shape index (κ3) is 2.94. The summed E-state index contributed by atoms with van der Waals surface area (Å²) in [6, 6.07) is 7.36. The van der Waals surface area contributed by atoms with Crippen molar-refractivity contribution in [2.75, 3.05) is 25.9 Å². The monoisotopic (exact) mass is 458 g/mol. The van der Waals surface area contributed by atoms with Gasteiger partial charge >= 0.3 is 4.87 Å². The van der Waals surface area contributed by atoms with E-state index in [1.54, 1.807) is 13.1 Å². The second-order valence-electron chi connectivity index (χ2n) is 7.34. The lowest BCUT2D eigenvalue weighted by Gasteiger charge is -2.32. The highest BCUT2D eigenvalue weighted by Gasteiger charge is 2.40. The van der Waals surface area contributed by atoms with Gasteiger partial charge in [-0.05, 0) is 30.3 Å². The molecule has 0 saturated heterocycles. The van der Waals surface area contributed by atoms with Crippen LogP contribution in [-0.2, 0) is 11.8 Å². The predicted octanol–water partition coefficient (Wildman–Crippen LogP) is 3.53. The maximum atomic E-state index is 13.5. The van der Waals surface area contributed by atoms with Crippen LogP contribution in [0.25, 0.3) is 0 Å². The quantitative estimate of drug-likeness (QED) is 0.595. The van der Waals surface area contributed by atoms with Gasteiger partial charge in [0.05, 0.1) is 24.8 Å². The molecule has 5 rings (SSSR count). The first-order valence-corrected chi connectivity index (χ1v) is 10.6. The number of carbonyl (C=O) groups excluding carboxylic acids is 1. The van der Waals surface area contributed by atoms with Crippen LogP contribution in [0.2, 0.25) is 0 Å². The van der Waals surface area contributed by atoms with Crippen LogP contribution in [0, 0.1) is 5.82 Å². The van der Waals surface area contributed by atoms with E-state index in [1.807, 2.05) is 0 Å². The minimum absolute atomic E-state index is 0.0252. The van der Waals surface area contributed by atoms with Crippen molar-refractivity contribution in [3.8, 4) is 23.0 Å². The van der Waals surface area contributed by atoms with Crippen LogP contribution < -0.4 is 28.7 Å². The Morgan fingerprint density at radius 1 is 1.09 bits per heavy atom.